The van der Waals surface area contributed by atoms with Crippen LogP contribution in [0.2, 0.25) is 0 Å². The SMILES string of the molecule is CC(C)n1cc(C2(C(=O)O)CCC2)nn1. The number of rotatable bonds is 3. The maximum absolute atomic E-state index is 11.2. The zero-order valence-electron chi connectivity index (χ0n) is 8.97. The summed E-state index contributed by atoms with van der Waals surface area (Å²) in [5.41, 5.74) is -0.150. The van der Waals surface area contributed by atoms with Gasteiger partial charge >= 0.3 is 5.97 Å². The molecule has 1 saturated carbocycles. The molecule has 0 amide bonds. The smallest absolute Gasteiger partial charge is 0.315 e. The number of nitrogens with zero attached hydrogens (tertiary/aromatic N) is 3. The Morgan fingerprint density at radius 1 is 1.60 bits per heavy atom. The molecule has 0 unspecified atom stereocenters. The highest BCUT2D eigenvalue weighted by molar-refractivity contribution is 5.81. The Morgan fingerprint density at radius 3 is 2.60 bits per heavy atom. The van der Waals surface area contributed by atoms with E-state index in [0.29, 0.717) is 18.5 Å². The molecule has 0 radical (unpaired) electrons. The molecule has 1 aliphatic carbocycles. The van der Waals surface area contributed by atoms with Gasteiger partial charge in [0, 0.05) is 12.2 Å². The highest BCUT2D eigenvalue weighted by Gasteiger charge is 2.48. The van der Waals surface area contributed by atoms with Gasteiger partial charge in [-0.2, -0.15) is 0 Å². The normalized spacial score (nSPS) is 18.9. The first-order valence-corrected chi connectivity index (χ1v) is 5.22. The Morgan fingerprint density at radius 2 is 2.27 bits per heavy atom. The molecule has 0 bridgehead atoms. The fourth-order valence-corrected chi connectivity index (χ4v) is 1.86. The van der Waals surface area contributed by atoms with E-state index in [1.807, 2.05) is 13.8 Å². The largest absolute Gasteiger partial charge is 0.481 e. The van der Waals surface area contributed by atoms with Crippen molar-refractivity contribution in [2.45, 2.75) is 44.6 Å². The van der Waals surface area contributed by atoms with Crippen LogP contribution in [0.15, 0.2) is 6.20 Å². The lowest BCUT2D eigenvalue weighted by molar-refractivity contribution is -0.147. The van der Waals surface area contributed by atoms with E-state index in [1.54, 1.807) is 10.9 Å². The Hall–Kier alpha value is -1.39. The van der Waals surface area contributed by atoms with Crippen molar-refractivity contribution < 1.29 is 9.90 Å². The van der Waals surface area contributed by atoms with Crippen molar-refractivity contribution in [3.05, 3.63) is 11.9 Å². The Bertz CT molecular complexity index is 380. The van der Waals surface area contributed by atoms with E-state index in [4.69, 9.17) is 0 Å². The molecule has 0 aromatic carbocycles. The second-order valence-corrected chi connectivity index (χ2v) is 4.42. The molecular formula is C10H15N3O2. The van der Waals surface area contributed by atoms with Gasteiger partial charge in [0.15, 0.2) is 0 Å². The van der Waals surface area contributed by atoms with E-state index in [9.17, 15) is 9.90 Å². The minimum Gasteiger partial charge on any atom is -0.481 e. The third kappa shape index (κ3) is 1.42. The van der Waals surface area contributed by atoms with Gasteiger partial charge < -0.3 is 5.11 Å². The van der Waals surface area contributed by atoms with Crippen LogP contribution in [0.1, 0.15) is 44.8 Å². The summed E-state index contributed by atoms with van der Waals surface area (Å²) in [4.78, 5) is 11.2. The fourth-order valence-electron chi connectivity index (χ4n) is 1.86. The van der Waals surface area contributed by atoms with Crippen LogP contribution in [0.5, 0.6) is 0 Å². The van der Waals surface area contributed by atoms with Crippen LogP contribution in [-0.2, 0) is 10.2 Å². The van der Waals surface area contributed by atoms with Crippen molar-refractivity contribution in [3.63, 3.8) is 0 Å². The molecule has 0 saturated heterocycles. The molecule has 1 aliphatic rings. The van der Waals surface area contributed by atoms with Crippen LogP contribution >= 0.6 is 0 Å². The summed E-state index contributed by atoms with van der Waals surface area (Å²) < 4.78 is 1.71. The van der Waals surface area contributed by atoms with Crippen LogP contribution in [0.3, 0.4) is 0 Å². The van der Waals surface area contributed by atoms with Crippen molar-refractivity contribution in [1.82, 2.24) is 15.0 Å². The van der Waals surface area contributed by atoms with Crippen LogP contribution in [0.4, 0.5) is 0 Å². The number of carboxylic acids is 1. The molecule has 5 nitrogen and oxygen atoms in total. The summed E-state index contributed by atoms with van der Waals surface area (Å²) in [6.07, 6.45) is 4.08. The molecule has 0 atom stereocenters. The van der Waals surface area contributed by atoms with Crippen molar-refractivity contribution in [2.24, 2.45) is 0 Å². The number of carboxylic acid groups (broad SMARTS) is 1. The summed E-state index contributed by atoms with van der Waals surface area (Å²) in [6, 6.07) is 0.220. The predicted molar refractivity (Wildman–Crippen MR) is 53.6 cm³/mol. The van der Waals surface area contributed by atoms with E-state index in [2.05, 4.69) is 10.3 Å². The van der Waals surface area contributed by atoms with Crippen molar-refractivity contribution >= 4 is 5.97 Å². The maximum atomic E-state index is 11.2. The predicted octanol–water partition coefficient (Wildman–Crippen LogP) is 1.37. The first kappa shape index (κ1) is 10.1. The zero-order chi connectivity index (χ0) is 11.1. The first-order chi connectivity index (χ1) is 7.06. The van der Waals surface area contributed by atoms with Crippen LogP contribution in [0.25, 0.3) is 0 Å². The summed E-state index contributed by atoms with van der Waals surface area (Å²) in [7, 11) is 0. The Balaban J connectivity index is 2.32. The third-order valence-electron chi connectivity index (χ3n) is 3.15. The minimum atomic E-state index is -0.774. The van der Waals surface area contributed by atoms with Gasteiger partial charge in [0.05, 0.1) is 5.69 Å². The first-order valence-electron chi connectivity index (χ1n) is 5.22. The second-order valence-electron chi connectivity index (χ2n) is 4.42. The van der Waals surface area contributed by atoms with E-state index < -0.39 is 11.4 Å². The molecule has 2 rings (SSSR count). The van der Waals surface area contributed by atoms with E-state index >= 15 is 0 Å². The molecule has 1 N–H and O–H groups in total. The minimum absolute atomic E-state index is 0.220. The summed E-state index contributed by atoms with van der Waals surface area (Å²) in [5.74, 6) is -0.774. The zero-order valence-corrected chi connectivity index (χ0v) is 8.97. The molecule has 82 valence electrons. The fraction of sp³-hybridized carbons (Fsp3) is 0.700. The van der Waals surface area contributed by atoms with Crippen LogP contribution in [-0.4, -0.2) is 26.1 Å². The Kier molecular flexibility index (Phi) is 2.25. The lowest BCUT2D eigenvalue weighted by Crippen LogP contribution is -2.42. The lowest BCUT2D eigenvalue weighted by Gasteiger charge is -2.35. The van der Waals surface area contributed by atoms with Crippen LogP contribution < -0.4 is 0 Å². The van der Waals surface area contributed by atoms with Gasteiger partial charge in [-0.25, -0.2) is 4.68 Å². The number of hydrogen-bond acceptors (Lipinski definition) is 3. The highest BCUT2D eigenvalue weighted by atomic mass is 16.4. The van der Waals surface area contributed by atoms with Gasteiger partial charge in [0.1, 0.15) is 5.41 Å². The van der Waals surface area contributed by atoms with E-state index in [1.165, 1.54) is 0 Å². The van der Waals surface area contributed by atoms with Crippen LogP contribution in [0, 0.1) is 0 Å². The topological polar surface area (TPSA) is 68.0 Å². The van der Waals surface area contributed by atoms with Gasteiger partial charge in [0.2, 0.25) is 0 Å². The molecule has 0 aliphatic heterocycles. The number of carbonyl (C=O) groups is 1. The molecular weight excluding hydrogens is 194 g/mol. The van der Waals surface area contributed by atoms with E-state index in [-0.39, 0.29) is 6.04 Å². The third-order valence-corrected chi connectivity index (χ3v) is 3.15. The lowest BCUT2D eigenvalue weighted by atomic mass is 9.67. The van der Waals surface area contributed by atoms with Crippen molar-refractivity contribution in [3.8, 4) is 0 Å². The molecule has 1 heterocycles. The van der Waals surface area contributed by atoms with Gasteiger partial charge in [-0.1, -0.05) is 11.6 Å². The maximum Gasteiger partial charge on any atom is 0.315 e. The average molecular weight is 209 g/mol. The number of aromatic nitrogens is 3. The highest BCUT2D eigenvalue weighted by Crippen LogP contribution is 2.42. The van der Waals surface area contributed by atoms with Gasteiger partial charge in [0.25, 0.3) is 0 Å². The standard InChI is InChI=1S/C10H15N3O2/c1-7(2)13-6-8(11-12-13)10(9(14)15)4-3-5-10/h6-7H,3-5H2,1-2H3,(H,14,15). The second kappa shape index (κ2) is 3.32. The molecule has 5 heteroatoms. The van der Waals surface area contributed by atoms with Gasteiger partial charge in [-0.05, 0) is 26.7 Å². The number of hydrogen-bond donors (Lipinski definition) is 1. The molecule has 0 spiro atoms. The van der Waals surface area contributed by atoms with Gasteiger partial charge in [-0.15, -0.1) is 5.10 Å². The molecule has 15 heavy (non-hydrogen) atoms. The molecule has 1 fully saturated rings. The number of aliphatic carboxylic acids is 1. The summed E-state index contributed by atoms with van der Waals surface area (Å²) in [5, 5.41) is 17.1. The molecule has 1 aromatic rings. The average Bonchev–Trinajstić information content (AvgIpc) is 2.50. The van der Waals surface area contributed by atoms with Gasteiger partial charge in [-0.3, -0.25) is 4.79 Å². The van der Waals surface area contributed by atoms with Crippen molar-refractivity contribution in [1.29, 1.82) is 0 Å². The summed E-state index contributed by atoms with van der Waals surface area (Å²) in [6.45, 7) is 3.99. The monoisotopic (exact) mass is 209 g/mol. The molecule has 1 aromatic heterocycles. The van der Waals surface area contributed by atoms with Crippen molar-refractivity contribution in [2.75, 3.05) is 0 Å². The summed E-state index contributed by atoms with van der Waals surface area (Å²) >= 11 is 0. The quantitative estimate of drug-likeness (QED) is 0.816. The Labute approximate surface area is 88.1 Å². The van der Waals surface area contributed by atoms with E-state index in [0.717, 1.165) is 6.42 Å².